The first-order chi connectivity index (χ1) is 9.11. The number of allylic oxidation sites excluding steroid dienone is 2. The fraction of sp³-hybridized carbons (Fsp3) is 0. The lowest BCUT2D eigenvalue weighted by atomic mass is 10.1. The van der Waals surface area contributed by atoms with E-state index in [0.717, 1.165) is 4.47 Å². The smallest absolute Gasteiger partial charge is 0.309 e. The normalized spacial score (nSPS) is 16.8. The maximum atomic E-state index is 11.0. The van der Waals surface area contributed by atoms with Crippen molar-refractivity contribution in [1.29, 1.82) is 0 Å². The fourth-order valence-electron chi connectivity index (χ4n) is 1.55. The molecule has 0 saturated heterocycles. The van der Waals surface area contributed by atoms with Crippen LogP contribution in [0, 0.1) is 10.4 Å². The molecule has 1 aliphatic heterocycles. The Morgan fingerprint density at radius 2 is 1.95 bits per heavy atom. The van der Waals surface area contributed by atoms with Crippen LogP contribution in [0.4, 0.5) is 0 Å². The number of benzene rings is 1. The maximum Gasteiger partial charge on any atom is 0.309 e. The van der Waals surface area contributed by atoms with Crippen molar-refractivity contribution < 1.29 is 4.90 Å². The lowest BCUT2D eigenvalue weighted by molar-refractivity contribution is -0.378. The molecular formula is C12H10BrN4O2-. The highest BCUT2D eigenvalue weighted by atomic mass is 79.9. The van der Waals surface area contributed by atoms with E-state index in [2.05, 4.69) is 26.2 Å². The predicted octanol–water partition coefficient (Wildman–Crippen LogP) is 1.56. The van der Waals surface area contributed by atoms with Crippen LogP contribution in [-0.4, -0.2) is 16.4 Å². The summed E-state index contributed by atoms with van der Waals surface area (Å²) in [5, 5.41) is 24.7. The molecule has 0 bridgehead atoms. The molecule has 0 saturated carbocycles. The fourth-order valence-corrected chi connectivity index (χ4v) is 1.81. The van der Waals surface area contributed by atoms with Gasteiger partial charge in [-0.1, -0.05) is 28.1 Å². The molecule has 1 aliphatic rings. The van der Waals surface area contributed by atoms with Crippen LogP contribution in [0.5, 0.6) is 0 Å². The Bertz CT molecular complexity index is 599. The van der Waals surface area contributed by atoms with Crippen LogP contribution in [0.2, 0.25) is 0 Å². The van der Waals surface area contributed by atoms with Gasteiger partial charge >= 0.3 is 5.84 Å². The molecule has 1 aromatic rings. The zero-order valence-electron chi connectivity index (χ0n) is 9.71. The number of amidine groups is 1. The number of hydrogen-bond donors (Lipinski definition) is 2. The van der Waals surface area contributed by atoms with Gasteiger partial charge in [-0.15, -0.1) is 0 Å². The van der Waals surface area contributed by atoms with Gasteiger partial charge in [0.05, 0.1) is 0 Å². The Kier molecular flexibility index (Phi) is 3.86. The summed E-state index contributed by atoms with van der Waals surface area (Å²) in [7, 11) is 0. The average Bonchev–Trinajstić information content (AvgIpc) is 2.81. The number of halogens is 1. The molecular weight excluding hydrogens is 312 g/mol. The number of nitrogens with two attached hydrogens (primary N) is 1. The molecule has 98 valence electrons. The summed E-state index contributed by atoms with van der Waals surface area (Å²) in [5.74, 6) is 0.241. The summed E-state index contributed by atoms with van der Waals surface area (Å²) < 4.78 is 0.896. The molecule has 0 amide bonds. The van der Waals surface area contributed by atoms with Crippen molar-refractivity contribution >= 4 is 27.5 Å². The van der Waals surface area contributed by atoms with Gasteiger partial charge in [0.2, 0.25) is 5.82 Å². The van der Waals surface area contributed by atoms with E-state index in [1.54, 1.807) is 36.4 Å². The van der Waals surface area contributed by atoms with Gasteiger partial charge in [0.1, 0.15) is 0 Å². The van der Waals surface area contributed by atoms with E-state index >= 15 is 0 Å². The Morgan fingerprint density at radius 1 is 1.26 bits per heavy atom. The Balaban J connectivity index is 2.45. The first-order valence-corrected chi connectivity index (χ1v) is 6.13. The average molecular weight is 322 g/mol. The first kappa shape index (κ1) is 13.2. The summed E-state index contributed by atoms with van der Waals surface area (Å²) >= 11 is 3.31. The standard InChI is InChI=1S/C12H10BrN4O2/c13-9-5-3-8(4-6-9)11-12(17(18)19)16-10(15-11)2-1-7-14/h1-7,16H,14H2/q-1. The zero-order valence-corrected chi connectivity index (χ0v) is 11.3. The Labute approximate surface area is 117 Å². The van der Waals surface area contributed by atoms with E-state index in [-0.39, 0.29) is 5.84 Å². The number of nitrogens with one attached hydrogen (secondary N) is 1. The summed E-state index contributed by atoms with van der Waals surface area (Å²) in [5.41, 5.74) is 6.19. The van der Waals surface area contributed by atoms with Crippen LogP contribution in [-0.2, 0) is 0 Å². The van der Waals surface area contributed by atoms with Gasteiger partial charge in [-0.2, -0.15) is 0 Å². The molecule has 0 radical (unpaired) electrons. The van der Waals surface area contributed by atoms with Crippen LogP contribution < -0.4 is 11.1 Å². The number of rotatable bonds is 2. The molecule has 0 aliphatic carbocycles. The highest BCUT2D eigenvalue weighted by Gasteiger charge is 2.26. The van der Waals surface area contributed by atoms with E-state index in [9.17, 15) is 10.4 Å². The second-order valence-electron chi connectivity index (χ2n) is 3.63. The number of hydrogen-bond acceptors (Lipinski definition) is 4. The van der Waals surface area contributed by atoms with E-state index in [1.165, 1.54) is 6.20 Å². The van der Waals surface area contributed by atoms with E-state index in [1.807, 2.05) is 0 Å². The van der Waals surface area contributed by atoms with Gasteiger partial charge in [0.25, 0.3) is 0 Å². The van der Waals surface area contributed by atoms with Crippen molar-refractivity contribution in [3.63, 3.8) is 0 Å². The first-order valence-electron chi connectivity index (χ1n) is 5.33. The summed E-state index contributed by atoms with van der Waals surface area (Å²) in [6.45, 7) is 0. The third kappa shape index (κ3) is 2.94. The molecule has 0 fully saturated rings. The van der Waals surface area contributed by atoms with Crippen molar-refractivity contribution in [2.75, 3.05) is 0 Å². The monoisotopic (exact) mass is 321 g/mol. The van der Waals surface area contributed by atoms with Crippen LogP contribution in [0.3, 0.4) is 0 Å². The van der Waals surface area contributed by atoms with Gasteiger partial charge < -0.3 is 16.1 Å². The minimum absolute atomic E-state index is 0.140. The Hall–Kier alpha value is -2.28. The van der Waals surface area contributed by atoms with Crippen molar-refractivity contribution in [3.05, 3.63) is 68.9 Å². The van der Waals surface area contributed by atoms with Crippen molar-refractivity contribution in [3.8, 4) is 0 Å². The highest BCUT2D eigenvalue weighted by molar-refractivity contribution is 9.10. The number of aliphatic imine (C=N–C) groups is 1. The molecule has 19 heavy (non-hydrogen) atoms. The third-order valence-electron chi connectivity index (χ3n) is 2.37. The molecule has 0 unspecified atom stereocenters. The van der Waals surface area contributed by atoms with Gasteiger partial charge in [0, 0.05) is 16.1 Å². The molecule has 0 aromatic heterocycles. The van der Waals surface area contributed by atoms with E-state index in [4.69, 9.17) is 5.73 Å². The minimum atomic E-state index is -0.492. The lowest BCUT2D eigenvalue weighted by Gasteiger charge is -2.14. The second-order valence-corrected chi connectivity index (χ2v) is 4.55. The SMILES string of the molecule is NC=CC=C1N=C(c2ccc(Br)cc2)C(=[N+]([O-])[O-])N1. The van der Waals surface area contributed by atoms with Crippen molar-refractivity contribution in [2.24, 2.45) is 10.7 Å². The highest BCUT2D eigenvalue weighted by Crippen LogP contribution is 2.15. The quantitative estimate of drug-likeness (QED) is 0.637. The molecule has 2 rings (SSSR count). The number of nitrogens with zero attached hydrogens (tertiary/aromatic N) is 2. The molecule has 7 heteroatoms. The molecule has 0 spiro atoms. The van der Waals surface area contributed by atoms with Gasteiger partial charge in [-0.25, -0.2) is 10.3 Å². The molecule has 6 nitrogen and oxygen atoms in total. The molecule has 3 N–H and O–H groups in total. The molecule has 1 aromatic carbocycles. The topological polar surface area (TPSA) is 99.5 Å². The van der Waals surface area contributed by atoms with E-state index in [0.29, 0.717) is 17.1 Å². The lowest BCUT2D eigenvalue weighted by Crippen LogP contribution is -2.30. The van der Waals surface area contributed by atoms with E-state index < -0.39 is 4.90 Å². The third-order valence-corrected chi connectivity index (χ3v) is 2.90. The summed E-state index contributed by atoms with van der Waals surface area (Å²) in [6, 6.07) is 7.12. The van der Waals surface area contributed by atoms with Crippen LogP contribution in [0.1, 0.15) is 5.56 Å². The zero-order chi connectivity index (χ0) is 13.8. The van der Waals surface area contributed by atoms with Crippen LogP contribution in [0.25, 0.3) is 0 Å². The van der Waals surface area contributed by atoms with Gasteiger partial charge in [-0.05, 0) is 24.4 Å². The minimum Gasteiger partial charge on any atom is -0.712 e. The summed E-state index contributed by atoms with van der Waals surface area (Å²) in [6.07, 6.45) is 4.44. The van der Waals surface area contributed by atoms with Crippen LogP contribution >= 0.6 is 15.9 Å². The van der Waals surface area contributed by atoms with Gasteiger partial charge in [0.15, 0.2) is 5.71 Å². The second kappa shape index (κ2) is 5.57. The largest absolute Gasteiger partial charge is 0.712 e. The Morgan fingerprint density at radius 3 is 2.53 bits per heavy atom. The molecule has 0 atom stereocenters. The maximum absolute atomic E-state index is 11.0. The van der Waals surface area contributed by atoms with Crippen molar-refractivity contribution in [2.45, 2.75) is 0 Å². The van der Waals surface area contributed by atoms with Crippen LogP contribution in [0.15, 0.2) is 57.9 Å². The van der Waals surface area contributed by atoms with Gasteiger partial charge in [-0.3, -0.25) is 4.90 Å². The van der Waals surface area contributed by atoms with Crippen molar-refractivity contribution in [1.82, 2.24) is 5.32 Å². The molecule has 1 heterocycles. The predicted molar refractivity (Wildman–Crippen MR) is 77.2 cm³/mol. The summed E-state index contributed by atoms with van der Waals surface area (Å²) in [4.78, 5) is 3.70.